The first-order valence-electron chi connectivity index (χ1n) is 8.99. The summed E-state index contributed by atoms with van der Waals surface area (Å²) in [6.45, 7) is 1.64. The number of nitrogens with zero attached hydrogens (tertiary/aromatic N) is 2. The van der Waals surface area contributed by atoms with E-state index in [2.05, 4.69) is 67.3 Å². The fourth-order valence-corrected chi connectivity index (χ4v) is 3.88. The fourth-order valence-electron chi connectivity index (χ4n) is 2.84. The highest BCUT2D eigenvalue weighted by molar-refractivity contribution is 14.0. The van der Waals surface area contributed by atoms with E-state index in [4.69, 9.17) is 0 Å². The molecule has 0 bridgehead atoms. The zero-order valence-electron chi connectivity index (χ0n) is 16.1. The molecule has 1 aromatic carbocycles. The second-order valence-electron chi connectivity index (χ2n) is 7.03. The monoisotopic (exact) mass is 576 g/mol. The number of hydrogen-bond acceptors (Lipinski definition) is 3. The smallest absolute Gasteiger partial charge is 0.243 e. The minimum absolute atomic E-state index is 0. The lowest BCUT2D eigenvalue weighted by atomic mass is 9.96. The van der Waals surface area contributed by atoms with Crippen LogP contribution < -0.4 is 10.6 Å². The Morgan fingerprint density at radius 3 is 2.64 bits per heavy atom. The van der Waals surface area contributed by atoms with Gasteiger partial charge in [-0.05, 0) is 42.0 Å². The Bertz CT molecular complexity index is 806. The summed E-state index contributed by atoms with van der Waals surface area (Å²) in [6.07, 6.45) is 2.32. The number of carbonyl (C=O) groups excluding carboxylic acids is 1. The number of aliphatic imine (C=N–C) groups is 1. The van der Waals surface area contributed by atoms with Crippen molar-refractivity contribution in [2.75, 3.05) is 27.2 Å². The van der Waals surface area contributed by atoms with Gasteiger partial charge in [0.2, 0.25) is 5.91 Å². The molecule has 0 spiro atoms. The molecule has 0 saturated heterocycles. The molecule has 5 nitrogen and oxygen atoms in total. The van der Waals surface area contributed by atoms with Gasteiger partial charge in [0, 0.05) is 35.4 Å². The van der Waals surface area contributed by atoms with Gasteiger partial charge in [-0.1, -0.05) is 34.1 Å². The van der Waals surface area contributed by atoms with E-state index in [1.54, 1.807) is 30.3 Å². The van der Waals surface area contributed by atoms with Crippen molar-refractivity contribution in [3.05, 3.63) is 56.7 Å². The molecule has 0 unspecified atom stereocenters. The average molecular weight is 577 g/mol. The summed E-state index contributed by atoms with van der Waals surface area (Å²) >= 11 is 5.27. The molecule has 8 heteroatoms. The Morgan fingerprint density at radius 2 is 2.04 bits per heavy atom. The molecule has 152 valence electrons. The van der Waals surface area contributed by atoms with E-state index < -0.39 is 0 Å². The second kappa shape index (κ2) is 10.6. The van der Waals surface area contributed by atoms with Gasteiger partial charge in [0.15, 0.2) is 5.96 Å². The average Bonchev–Trinajstić information content (AvgIpc) is 3.26. The number of nitrogens with one attached hydrogen (secondary N) is 2. The van der Waals surface area contributed by atoms with Crippen LogP contribution in [0, 0.1) is 0 Å². The Labute approximate surface area is 196 Å². The lowest BCUT2D eigenvalue weighted by Gasteiger charge is -2.20. The number of guanidine groups is 1. The molecule has 3 rings (SSSR count). The molecule has 28 heavy (non-hydrogen) atoms. The van der Waals surface area contributed by atoms with E-state index in [1.165, 1.54) is 10.4 Å². The maximum absolute atomic E-state index is 11.9. The Balaban J connectivity index is 0.00000280. The predicted octanol–water partition coefficient (Wildman–Crippen LogP) is 3.98. The largest absolute Gasteiger partial charge is 0.355 e. The summed E-state index contributed by atoms with van der Waals surface area (Å²) in [6, 6.07) is 12.6. The van der Waals surface area contributed by atoms with E-state index in [0.29, 0.717) is 12.5 Å². The molecule has 0 atom stereocenters. The van der Waals surface area contributed by atoms with Crippen LogP contribution in [0.15, 0.2) is 51.2 Å². The third-order valence-corrected chi connectivity index (χ3v) is 6.14. The van der Waals surface area contributed by atoms with Crippen molar-refractivity contribution >= 4 is 63.1 Å². The number of halogens is 2. The van der Waals surface area contributed by atoms with Crippen LogP contribution in [0.1, 0.15) is 23.3 Å². The highest BCUT2D eigenvalue weighted by Crippen LogP contribution is 2.48. The normalized spacial score (nSPS) is 14.8. The first-order chi connectivity index (χ1) is 13.0. The lowest BCUT2D eigenvalue weighted by Crippen LogP contribution is -2.41. The van der Waals surface area contributed by atoms with E-state index >= 15 is 0 Å². The van der Waals surface area contributed by atoms with Crippen LogP contribution in [0.2, 0.25) is 0 Å². The molecule has 1 fully saturated rings. The molecule has 0 radical (unpaired) electrons. The maximum atomic E-state index is 11.9. The molecule has 1 saturated carbocycles. The van der Waals surface area contributed by atoms with Crippen LogP contribution in [-0.4, -0.2) is 44.0 Å². The van der Waals surface area contributed by atoms with Gasteiger partial charge < -0.3 is 15.5 Å². The number of rotatable bonds is 7. The summed E-state index contributed by atoms with van der Waals surface area (Å²) in [7, 11) is 3.49. The van der Waals surface area contributed by atoms with Crippen LogP contribution >= 0.6 is 51.2 Å². The maximum Gasteiger partial charge on any atom is 0.243 e. The Hall–Kier alpha value is -1.13. The highest BCUT2D eigenvalue weighted by atomic mass is 127. The van der Waals surface area contributed by atoms with Crippen LogP contribution in [-0.2, 0) is 16.8 Å². The van der Waals surface area contributed by atoms with Crippen LogP contribution in [0.5, 0.6) is 0 Å². The van der Waals surface area contributed by atoms with Crippen LogP contribution in [0.4, 0.5) is 0 Å². The van der Waals surface area contributed by atoms with E-state index in [9.17, 15) is 4.79 Å². The molecule has 1 heterocycles. The summed E-state index contributed by atoms with van der Waals surface area (Å²) in [5.74, 6) is 0.667. The van der Waals surface area contributed by atoms with Crippen molar-refractivity contribution < 1.29 is 4.79 Å². The molecular formula is C20H26BrIN4OS. The van der Waals surface area contributed by atoms with Gasteiger partial charge in [-0.2, -0.15) is 0 Å². The van der Waals surface area contributed by atoms with Gasteiger partial charge in [0.1, 0.15) is 6.54 Å². The number of thiophene rings is 1. The third kappa shape index (κ3) is 6.45. The predicted molar refractivity (Wildman–Crippen MR) is 131 cm³/mol. The zero-order chi connectivity index (χ0) is 19.3. The van der Waals surface area contributed by atoms with Gasteiger partial charge in [-0.3, -0.25) is 4.79 Å². The summed E-state index contributed by atoms with van der Waals surface area (Å²) in [5, 5.41) is 8.86. The minimum atomic E-state index is -0.0136. The van der Waals surface area contributed by atoms with Crippen molar-refractivity contribution in [1.29, 1.82) is 0 Å². The zero-order valence-corrected chi connectivity index (χ0v) is 20.8. The molecule has 2 aromatic rings. The number of likely N-dealkylation sites (N-methyl/N-ethyl adjacent to an activating group) is 1. The van der Waals surface area contributed by atoms with Crippen molar-refractivity contribution in [3.8, 4) is 0 Å². The van der Waals surface area contributed by atoms with Gasteiger partial charge in [0.05, 0.1) is 6.54 Å². The van der Waals surface area contributed by atoms with Crippen molar-refractivity contribution in [1.82, 2.24) is 15.5 Å². The molecular weight excluding hydrogens is 551 g/mol. The SMILES string of the molecule is CN(C)C(=O)CN=C(NCc1cccs1)NCC1(c2cccc(Br)c2)CC1.I. The molecule has 0 aliphatic heterocycles. The van der Waals surface area contributed by atoms with Crippen LogP contribution in [0.3, 0.4) is 0 Å². The number of benzene rings is 1. The first kappa shape index (κ1) is 23.2. The van der Waals surface area contributed by atoms with Crippen molar-refractivity contribution in [3.63, 3.8) is 0 Å². The van der Waals surface area contributed by atoms with Crippen LogP contribution in [0.25, 0.3) is 0 Å². The van der Waals surface area contributed by atoms with Gasteiger partial charge in [-0.25, -0.2) is 4.99 Å². The molecule has 2 N–H and O–H groups in total. The van der Waals surface area contributed by atoms with Crippen molar-refractivity contribution in [2.45, 2.75) is 24.8 Å². The fraction of sp³-hybridized carbons (Fsp3) is 0.400. The topological polar surface area (TPSA) is 56.7 Å². The highest BCUT2D eigenvalue weighted by Gasteiger charge is 2.44. The van der Waals surface area contributed by atoms with Crippen molar-refractivity contribution in [2.24, 2.45) is 4.99 Å². The Kier molecular flexibility index (Phi) is 8.76. The minimum Gasteiger partial charge on any atom is -0.355 e. The van der Waals surface area contributed by atoms with Gasteiger partial charge in [-0.15, -0.1) is 35.3 Å². The summed E-state index contributed by atoms with van der Waals surface area (Å²) < 4.78 is 1.10. The summed E-state index contributed by atoms with van der Waals surface area (Å²) in [4.78, 5) is 19.2. The molecule has 1 aliphatic carbocycles. The van der Waals surface area contributed by atoms with E-state index in [1.807, 2.05) is 6.07 Å². The lowest BCUT2D eigenvalue weighted by molar-refractivity contribution is -0.127. The molecule has 1 aliphatic rings. The Morgan fingerprint density at radius 1 is 1.25 bits per heavy atom. The summed E-state index contributed by atoms with van der Waals surface area (Å²) in [5.41, 5.74) is 1.49. The first-order valence-corrected chi connectivity index (χ1v) is 10.7. The quantitative estimate of drug-likeness (QED) is 0.298. The number of hydrogen-bond donors (Lipinski definition) is 2. The molecule has 1 aromatic heterocycles. The number of carbonyl (C=O) groups is 1. The molecule has 1 amide bonds. The standard InChI is InChI=1S/C20H25BrN4OS.HI/c1-25(2)18(26)13-23-19(22-12-17-7-4-10-27-17)24-14-20(8-9-20)15-5-3-6-16(21)11-15;/h3-7,10-11H,8-9,12-14H2,1-2H3,(H2,22,23,24);1H. The van der Waals surface area contributed by atoms with E-state index in [-0.39, 0.29) is 41.8 Å². The van der Waals surface area contributed by atoms with E-state index in [0.717, 1.165) is 23.9 Å². The number of amides is 1. The second-order valence-corrected chi connectivity index (χ2v) is 8.98. The van der Waals surface area contributed by atoms with Gasteiger partial charge in [0.25, 0.3) is 0 Å². The third-order valence-electron chi connectivity index (χ3n) is 4.77. The van der Waals surface area contributed by atoms with Gasteiger partial charge >= 0.3 is 0 Å².